The fourth-order valence-electron chi connectivity index (χ4n) is 2.94. The first kappa shape index (κ1) is 23.8. The van der Waals surface area contributed by atoms with Gasteiger partial charge in [-0.2, -0.15) is 0 Å². The summed E-state index contributed by atoms with van der Waals surface area (Å²) < 4.78 is 0. The quantitative estimate of drug-likeness (QED) is 0.323. The van der Waals surface area contributed by atoms with E-state index in [4.69, 9.17) is 0 Å². The van der Waals surface area contributed by atoms with Crippen LogP contribution >= 0.6 is 0 Å². The Bertz CT molecular complexity index is 687. The van der Waals surface area contributed by atoms with Gasteiger partial charge in [0.1, 0.15) is 11.5 Å². The van der Waals surface area contributed by atoms with Gasteiger partial charge in [-0.05, 0) is 92.2 Å². The summed E-state index contributed by atoms with van der Waals surface area (Å²) in [6, 6.07) is 3.41. The molecule has 0 aliphatic heterocycles. The van der Waals surface area contributed by atoms with Gasteiger partial charge in [0.15, 0.2) is 0 Å². The van der Waals surface area contributed by atoms with E-state index in [0.717, 1.165) is 36.8 Å². The molecule has 0 saturated heterocycles. The standard InChI is InChI=1S/C26H38O2/c1-19(2)9-7-11-21(5)13-15-23-17-26(28)24(18-25(23)27)16-14-22(6)12-8-10-20(3)4/h9-10,13-14,17-18,27-28H,7-8,11-12,15-16H2,1-6H3/b21-13+,22-14+. The summed E-state index contributed by atoms with van der Waals surface area (Å²) in [7, 11) is 0. The molecule has 0 aliphatic carbocycles. The number of benzene rings is 1. The molecular weight excluding hydrogens is 344 g/mol. The van der Waals surface area contributed by atoms with Gasteiger partial charge in [0, 0.05) is 11.1 Å². The monoisotopic (exact) mass is 382 g/mol. The minimum atomic E-state index is 0.261. The molecule has 28 heavy (non-hydrogen) atoms. The third-order valence-electron chi connectivity index (χ3n) is 4.80. The van der Waals surface area contributed by atoms with Crippen molar-refractivity contribution in [3.63, 3.8) is 0 Å². The van der Waals surface area contributed by atoms with Crippen LogP contribution in [0.15, 0.2) is 58.7 Å². The molecule has 0 bridgehead atoms. The molecule has 0 atom stereocenters. The van der Waals surface area contributed by atoms with Crippen molar-refractivity contribution in [2.75, 3.05) is 0 Å². The lowest BCUT2D eigenvalue weighted by Gasteiger charge is -2.09. The van der Waals surface area contributed by atoms with Gasteiger partial charge in [-0.1, -0.05) is 46.6 Å². The van der Waals surface area contributed by atoms with Gasteiger partial charge in [0.2, 0.25) is 0 Å². The van der Waals surface area contributed by atoms with Crippen molar-refractivity contribution in [2.24, 2.45) is 0 Å². The second kappa shape index (κ2) is 12.3. The molecule has 2 N–H and O–H groups in total. The lowest BCUT2D eigenvalue weighted by Crippen LogP contribution is -1.90. The Kier molecular flexibility index (Phi) is 10.4. The average molecular weight is 383 g/mol. The zero-order chi connectivity index (χ0) is 21.1. The number of hydrogen-bond donors (Lipinski definition) is 2. The normalized spacial score (nSPS) is 12.1. The molecule has 2 nitrogen and oxygen atoms in total. The molecular formula is C26H38O2. The van der Waals surface area contributed by atoms with Gasteiger partial charge in [-0.3, -0.25) is 0 Å². The molecule has 0 radical (unpaired) electrons. The highest BCUT2D eigenvalue weighted by Crippen LogP contribution is 2.29. The number of phenolic OH excluding ortho intramolecular Hbond substituents is 2. The minimum absolute atomic E-state index is 0.261. The van der Waals surface area contributed by atoms with Crippen LogP contribution < -0.4 is 0 Å². The number of rotatable bonds is 10. The van der Waals surface area contributed by atoms with Crippen LogP contribution in [0.2, 0.25) is 0 Å². The fourth-order valence-corrected chi connectivity index (χ4v) is 2.94. The van der Waals surface area contributed by atoms with Gasteiger partial charge in [-0.25, -0.2) is 0 Å². The van der Waals surface area contributed by atoms with Crippen molar-refractivity contribution in [3.05, 3.63) is 69.9 Å². The molecule has 0 unspecified atom stereocenters. The largest absolute Gasteiger partial charge is 0.508 e. The van der Waals surface area contributed by atoms with Crippen molar-refractivity contribution in [1.29, 1.82) is 0 Å². The lowest BCUT2D eigenvalue weighted by atomic mass is 10.0. The Morgan fingerprint density at radius 3 is 1.32 bits per heavy atom. The van der Waals surface area contributed by atoms with E-state index in [9.17, 15) is 10.2 Å². The highest BCUT2D eigenvalue weighted by atomic mass is 16.3. The summed E-state index contributed by atoms with van der Waals surface area (Å²) in [6.07, 6.45) is 14.2. The molecule has 0 amide bonds. The van der Waals surface area contributed by atoms with E-state index in [1.807, 2.05) is 0 Å². The predicted molar refractivity (Wildman–Crippen MR) is 122 cm³/mol. The van der Waals surface area contributed by atoms with Gasteiger partial charge >= 0.3 is 0 Å². The molecule has 0 saturated carbocycles. The molecule has 2 heteroatoms. The van der Waals surface area contributed by atoms with Gasteiger partial charge in [-0.15, -0.1) is 0 Å². The van der Waals surface area contributed by atoms with Crippen molar-refractivity contribution in [1.82, 2.24) is 0 Å². The number of hydrogen-bond acceptors (Lipinski definition) is 2. The van der Waals surface area contributed by atoms with E-state index in [2.05, 4.69) is 65.8 Å². The second-order valence-corrected chi connectivity index (χ2v) is 8.26. The first-order valence-electron chi connectivity index (χ1n) is 10.3. The van der Waals surface area contributed by atoms with Crippen LogP contribution in [0.25, 0.3) is 0 Å². The maximum absolute atomic E-state index is 10.4. The molecule has 0 aliphatic rings. The Hall–Kier alpha value is -2.22. The van der Waals surface area contributed by atoms with Crippen molar-refractivity contribution >= 4 is 0 Å². The van der Waals surface area contributed by atoms with E-state index in [1.165, 1.54) is 22.3 Å². The highest BCUT2D eigenvalue weighted by Gasteiger charge is 2.07. The van der Waals surface area contributed by atoms with Gasteiger partial charge in [0.05, 0.1) is 0 Å². The van der Waals surface area contributed by atoms with Crippen LogP contribution in [0.4, 0.5) is 0 Å². The zero-order valence-corrected chi connectivity index (χ0v) is 18.6. The zero-order valence-electron chi connectivity index (χ0n) is 18.6. The first-order valence-corrected chi connectivity index (χ1v) is 10.3. The third-order valence-corrected chi connectivity index (χ3v) is 4.80. The SMILES string of the molecule is CC(C)=CCC/C(C)=C/Cc1cc(O)c(C/C=C(\C)CCC=C(C)C)cc1O. The van der Waals surface area contributed by atoms with E-state index >= 15 is 0 Å². The van der Waals surface area contributed by atoms with E-state index in [0.29, 0.717) is 12.8 Å². The fraction of sp³-hybridized carbons (Fsp3) is 0.462. The minimum Gasteiger partial charge on any atom is -0.508 e. The summed E-state index contributed by atoms with van der Waals surface area (Å²) in [5.74, 6) is 0.522. The summed E-state index contributed by atoms with van der Waals surface area (Å²) in [5, 5.41) is 20.7. The maximum atomic E-state index is 10.4. The van der Waals surface area contributed by atoms with Crippen LogP contribution in [-0.4, -0.2) is 10.2 Å². The van der Waals surface area contributed by atoms with Gasteiger partial charge in [0.25, 0.3) is 0 Å². The Morgan fingerprint density at radius 2 is 1.00 bits per heavy atom. The summed E-state index contributed by atoms with van der Waals surface area (Å²) in [4.78, 5) is 0. The Labute approximate surface area is 172 Å². The van der Waals surface area contributed by atoms with E-state index < -0.39 is 0 Å². The topological polar surface area (TPSA) is 40.5 Å². The maximum Gasteiger partial charge on any atom is 0.119 e. The van der Waals surface area contributed by atoms with Crippen molar-refractivity contribution < 1.29 is 10.2 Å². The summed E-state index contributed by atoms with van der Waals surface area (Å²) in [6.45, 7) is 12.7. The Morgan fingerprint density at radius 1 is 0.643 bits per heavy atom. The van der Waals surface area contributed by atoms with Crippen LogP contribution in [0.3, 0.4) is 0 Å². The van der Waals surface area contributed by atoms with Crippen LogP contribution in [0.5, 0.6) is 11.5 Å². The molecule has 1 rings (SSSR count). The van der Waals surface area contributed by atoms with Crippen molar-refractivity contribution in [2.45, 2.75) is 80.1 Å². The molecule has 0 aromatic heterocycles. The number of aromatic hydroxyl groups is 2. The van der Waals surface area contributed by atoms with Crippen LogP contribution in [0.1, 0.15) is 78.4 Å². The number of allylic oxidation sites excluding steroid dienone is 8. The smallest absolute Gasteiger partial charge is 0.119 e. The predicted octanol–water partition coefficient (Wildman–Crippen LogP) is 7.57. The second-order valence-electron chi connectivity index (χ2n) is 8.26. The van der Waals surface area contributed by atoms with Crippen LogP contribution in [0, 0.1) is 0 Å². The van der Waals surface area contributed by atoms with Crippen molar-refractivity contribution in [3.8, 4) is 11.5 Å². The third kappa shape index (κ3) is 9.64. The molecule has 0 fully saturated rings. The molecule has 1 aromatic carbocycles. The van der Waals surface area contributed by atoms with Crippen LogP contribution in [-0.2, 0) is 12.8 Å². The molecule has 154 valence electrons. The molecule has 0 spiro atoms. The lowest BCUT2D eigenvalue weighted by molar-refractivity contribution is 0.451. The van der Waals surface area contributed by atoms with E-state index in [1.54, 1.807) is 12.1 Å². The number of phenols is 2. The first-order chi connectivity index (χ1) is 13.2. The summed E-state index contributed by atoms with van der Waals surface area (Å²) in [5.41, 5.74) is 6.82. The Balaban J connectivity index is 2.71. The summed E-state index contributed by atoms with van der Waals surface area (Å²) >= 11 is 0. The highest BCUT2D eigenvalue weighted by molar-refractivity contribution is 5.46. The molecule has 1 aromatic rings. The molecule has 0 heterocycles. The van der Waals surface area contributed by atoms with Gasteiger partial charge < -0.3 is 10.2 Å². The average Bonchev–Trinajstić information content (AvgIpc) is 2.60. The van der Waals surface area contributed by atoms with E-state index in [-0.39, 0.29) is 11.5 Å².